The molecule has 0 aromatic heterocycles. The number of rotatable bonds is 4. The van der Waals surface area contributed by atoms with Gasteiger partial charge >= 0.3 is 12.0 Å². The molecule has 0 radical (unpaired) electrons. The van der Waals surface area contributed by atoms with Gasteiger partial charge in [-0.15, -0.1) is 0 Å². The summed E-state index contributed by atoms with van der Waals surface area (Å²) < 4.78 is 5.38. The number of hydrogen-bond donors (Lipinski definition) is 4. The monoisotopic (exact) mass is 266 g/mol. The Morgan fingerprint density at radius 3 is 2.84 bits per heavy atom. The van der Waals surface area contributed by atoms with Crippen molar-refractivity contribution < 1.29 is 24.5 Å². The predicted molar refractivity (Wildman–Crippen MR) is 64.9 cm³/mol. The van der Waals surface area contributed by atoms with E-state index in [1.54, 1.807) is 6.07 Å². The van der Waals surface area contributed by atoms with Crippen molar-refractivity contribution in [3.8, 4) is 5.75 Å². The number of aliphatic hydroxyl groups excluding tert-OH is 1. The van der Waals surface area contributed by atoms with E-state index in [0.717, 1.165) is 5.56 Å². The minimum atomic E-state index is -1.32. The van der Waals surface area contributed by atoms with E-state index in [4.69, 9.17) is 14.9 Å². The maximum Gasteiger partial charge on any atom is 0.328 e. The number of ether oxygens (including phenoxy) is 1. The molecule has 2 amide bonds. The summed E-state index contributed by atoms with van der Waals surface area (Å²) in [6, 6.07) is 4.96. The molecule has 102 valence electrons. The number of carbonyl (C=O) groups is 2. The lowest BCUT2D eigenvalue weighted by atomic mass is 10.1. The molecule has 2 atom stereocenters. The SMILES string of the molecule is O=C(NC1COc2ccccc21)N[C@H](CO)C(=O)O. The molecule has 1 heterocycles. The van der Waals surface area contributed by atoms with Gasteiger partial charge in [0.1, 0.15) is 12.4 Å². The molecule has 1 aromatic rings. The van der Waals surface area contributed by atoms with Gasteiger partial charge in [0.25, 0.3) is 0 Å². The first-order valence-corrected chi connectivity index (χ1v) is 5.74. The Labute approximate surface area is 109 Å². The summed E-state index contributed by atoms with van der Waals surface area (Å²) in [4.78, 5) is 22.3. The second-order valence-electron chi connectivity index (χ2n) is 4.09. The Morgan fingerprint density at radius 1 is 1.42 bits per heavy atom. The molecule has 19 heavy (non-hydrogen) atoms. The Kier molecular flexibility index (Phi) is 3.86. The molecule has 1 aliphatic rings. The average Bonchev–Trinajstić information content (AvgIpc) is 2.79. The molecule has 7 heteroatoms. The predicted octanol–water partition coefficient (Wildman–Crippen LogP) is -0.135. The van der Waals surface area contributed by atoms with Crippen LogP contribution in [-0.2, 0) is 4.79 Å². The highest BCUT2D eigenvalue weighted by Crippen LogP contribution is 2.31. The first-order chi connectivity index (χ1) is 9.11. The molecule has 0 bridgehead atoms. The first kappa shape index (κ1) is 13.2. The molecule has 2 rings (SSSR count). The van der Waals surface area contributed by atoms with Crippen molar-refractivity contribution in [3.05, 3.63) is 29.8 Å². The largest absolute Gasteiger partial charge is 0.491 e. The lowest BCUT2D eigenvalue weighted by molar-refractivity contribution is -0.140. The number of benzene rings is 1. The van der Waals surface area contributed by atoms with Crippen LogP contribution in [0.25, 0.3) is 0 Å². The van der Waals surface area contributed by atoms with E-state index < -0.39 is 24.6 Å². The molecule has 0 spiro atoms. The number of amides is 2. The molecule has 7 nitrogen and oxygen atoms in total. The van der Waals surface area contributed by atoms with Crippen LogP contribution in [0.5, 0.6) is 5.75 Å². The molecule has 0 fully saturated rings. The fourth-order valence-electron chi connectivity index (χ4n) is 1.83. The normalized spacial score (nSPS) is 18.1. The molecule has 1 aromatic carbocycles. The highest BCUT2D eigenvalue weighted by atomic mass is 16.5. The lowest BCUT2D eigenvalue weighted by Crippen LogP contribution is -2.48. The van der Waals surface area contributed by atoms with E-state index in [1.165, 1.54) is 0 Å². The highest BCUT2D eigenvalue weighted by Gasteiger charge is 2.26. The highest BCUT2D eigenvalue weighted by molar-refractivity contribution is 5.82. The van der Waals surface area contributed by atoms with E-state index in [9.17, 15) is 9.59 Å². The second kappa shape index (κ2) is 5.57. The number of carboxylic acids is 1. The Hall–Kier alpha value is -2.28. The molecule has 0 aliphatic carbocycles. The van der Waals surface area contributed by atoms with Crippen LogP contribution >= 0.6 is 0 Å². The van der Waals surface area contributed by atoms with Crippen LogP contribution in [0.15, 0.2) is 24.3 Å². The minimum Gasteiger partial charge on any atom is -0.491 e. The number of aliphatic carboxylic acids is 1. The van der Waals surface area contributed by atoms with Gasteiger partial charge < -0.3 is 25.6 Å². The van der Waals surface area contributed by atoms with E-state index in [-0.39, 0.29) is 6.04 Å². The van der Waals surface area contributed by atoms with Crippen LogP contribution in [0.4, 0.5) is 4.79 Å². The molecule has 1 aliphatic heterocycles. The van der Waals surface area contributed by atoms with Gasteiger partial charge in [0, 0.05) is 5.56 Å². The quantitative estimate of drug-likeness (QED) is 0.607. The summed E-state index contributed by atoms with van der Waals surface area (Å²) in [6.45, 7) is -0.371. The number of hydrogen-bond acceptors (Lipinski definition) is 4. The smallest absolute Gasteiger partial charge is 0.328 e. The number of aliphatic hydroxyl groups is 1. The zero-order valence-electron chi connectivity index (χ0n) is 10.00. The number of para-hydroxylation sites is 1. The van der Waals surface area contributed by atoms with Gasteiger partial charge in [-0.1, -0.05) is 18.2 Å². The van der Waals surface area contributed by atoms with Gasteiger partial charge in [-0.25, -0.2) is 9.59 Å². The Bertz CT molecular complexity index is 491. The third-order valence-corrected chi connectivity index (χ3v) is 2.79. The summed E-state index contributed by atoms with van der Waals surface area (Å²) in [5.41, 5.74) is 0.841. The van der Waals surface area contributed by atoms with E-state index >= 15 is 0 Å². The van der Waals surface area contributed by atoms with Gasteiger partial charge in [0.15, 0.2) is 6.04 Å². The Balaban J connectivity index is 1.96. The van der Waals surface area contributed by atoms with Crippen LogP contribution < -0.4 is 15.4 Å². The van der Waals surface area contributed by atoms with Crippen LogP contribution in [-0.4, -0.2) is 41.5 Å². The molecule has 0 saturated carbocycles. The molecule has 1 unspecified atom stereocenters. The number of carbonyl (C=O) groups excluding carboxylic acids is 1. The fourth-order valence-corrected chi connectivity index (χ4v) is 1.83. The summed E-state index contributed by atoms with van der Waals surface area (Å²) in [5, 5.41) is 22.3. The summed E-state index contributed by atoms with van der Waals surface area (Å²) in [7, 11) is 0. The lowest BCUT2D eigenvalue weighted by Gasteiger charge is -2.15. The van der Waals surface area contributed by atoms with Crippen LogP contribution in [0, 0.1) is 0 Å². The third-order valence-electron chi connectivity index (χ3n) is 2.79. The molecule has 4 N–H and O–H groups in total. The van der Waals surface area contributed by atoms with Crippen molar-refractivity contribution >= 4 is 12.0 Å². The maximum absolute atomic E-state index is 11.6. The Morgan fingerprint density at radius 2 is 2.16 bits per heavy atom. The zero-order valence-corrected chi connectivity index (χ0v) is 10.00. The van der Waals surface area contributed by atoms with Crippen LogP contribution in [0.2, 0.25) is 0 Å². The van der Waals surface area contributed by atoms with Crippen LogP contribution in [0.1, 0.15) is 11.6 Å². The standard InChI is InChI=1S/C12H14N2O5/c15-5-8(11(16)17)13-12(18)14-9-6-19-10-4-2-1-3-7(9)10/h1-4,8-9,15H,5-6H2,(H,16,17)(H2,13,14,18)/t8-,9?/m1/s1. The zero-order chi connectivity index (χ0) is 13.8. The van der Waals surface area contributed by atoms with Gasteiger partial charge in [-0.3, -0.25) is 0 Å². The number of urea groups is 1. The fraction of sp³-hybridized carbons (Fsp3) is 0.333. The van der Waals surface area contributed by atoms with Crippen molar-refractivity contribution in [3.63, 3.8) is 0 Å². The first-order valence-electron chi connectivity index (χ1n) is 5.74. The van der Waals surface area contributed by atoms with Crippen LogP contribution in [0.3, 0.4) is 0 Å². The van der Waals surface area contributed by atoms with Gasteiger partial charge in [-0.2, -0.15) is 0 Å². The number of fused-ring (bicyclic) bond motifs is 1. The van der Waals surface area contributed by atoms with Crippen molar-refractivity contribution in [2.75, 3.05) is 13.2 Å². The maximum atomic E-state index is 11.6. The third kappa shape index (κ3) is 2.94. The van der Waals surface area contributed by atoms with E-state index in [1.807, 2.05) is 18.2 Å². The number of carboxylic acid groups (broad SMARTS) is 1. The van der Waals surface area contributed by atoms with Gasteiger partial charge in [0.2, 0.25) is 0 Å². The van der Waals surface area contributed by atoms with Crippen molar-refractivity contribution in [1.82, 2.24) is 10.6 Å². The number of nitrogens with one attached hydrogen (secondary N) is 2. The molecule has 0 saturated heterocycles. The average molecular weight is 266 g/mol. The summed E-state index contributed by atoms with van der Waals surface area (Å²) in [6.07, 6.45) is 0. The summed E-state index contributed by atoms with van der Waals surface area (Å²) in [5.74, 6) is -0.592. The second-order valence-corrected chi connectivity index (χ2v) is 4.09. The topological polar surface area (TPSA) is 108 Å². The van der Waals surface area contributed by atoms with Crippen molar-refractivity contribution in [2.24, 2.45) is 0 Å². The van der Waals surface area contributed by atoms with E-state index in [2.05, 4.69) is 10.6 Å². The minimum absolute atomic E-state index is 0.295. The summed E-state index contributed by atoms with van der Waals surface area (Å²) >= 11 is 0. The van der Waals surface area contributed by atoms with Gasteiger partial charge in [-0.05, 0) is 6.07 Å². The van der Waals surface area contributed by atoms with Crippen molar-refractivity contribution in [2.45, 2.75) is 12.1 Å². The van der Waals surface area contributed by atoms with Crippen molar-refractivity contribution in [1.29, 1.82) is 0 Å². The van der Waals surface area contributed by atoms with Gasteiger partial charge in [0.05, 0.1) is 12.6 Å². The van der Waals surface area contributed by atoms with E-state index in [0.29, 0.717) is 12.4 Å². The molecular formula is C12H14N2O5. The molecular weight excluding hydrogens is 252 g/mol.